The predicted octanol–water partition coefficient (Wildman–Crippen LogP) is 3.15. The van der Waals surface area contributed by atoms with Gasteiger partial charge in [-0.2, -0.15) is 0 Å². The number of aliphatic hydroxyl groups excluding tert-OH is 1. The first-order chi connectivity index (χ1) is 18.3. The van der Waals surface area contributed by atoms with Gasteiger partial charge in [0.1, 0.15) is 23.9 Å². The van der Waals surface area contributed by atoms with E-state index in [9.17, 15) is 29.4 Å². The van der Waals surface area contributed by atoms with E-state index in [4.69, 9.17) is 4.42 Å². The Bertz CT molecular complexity index is 1470. The zero-order valence-electron chi connectivity index (χ0n) is 20.8. The van der Waals surface area contributed by atoms with Crippen LogP contribution in [0.1, 0.15) is 42.8 Å². The van der Waals surface area contributed by atoms with Gasteiger partial charge in [-0.25, -0.2) is 0 Å². The summed E-state index contributed by atoms with van der Waals surface area (Å²) in [6, 6.07) is 10.0. The number of fused-ring (bicyclic) bond motifs is 3. The van der Waals surface area contributed by atoms with Gasteiger partial charge in [0, 0.05) is 23.3 Å². The van der Waals surface area contributed by atoms with Gasteiger partial charge in [-0.15, -0.1) is 0 Å². The zero-order valence-corrected chi connectivity index (χ0v) is 20.8. The van der Waals surface area contributed by atoms with Crippen LogP contribution in [0.2, 0.25) is 0 Å². The smallest absolute Gasteiger partial charge is 0.233 e. The van der Waals surface area contributed by atoms with E-state index in [1.165, 1.54) is 11.0 Å². The molecular weight excluding hydrogens is 486 g/mol. The number of ketones is 2. The second kappa shape index (κ2) is 9.06. The molecule has 4 atom stereocenters. The van der Waals surface area contributed by atoms with Crippen molar-refractivity contribution in [2.75, 3.05) is 6.54 Å². The number of furan rings is 1. The van der Waals surface area contributed by atoms with Crippen LogP contribution in [0, 0.1) is 17.8 Å². The van der Waals surface area contributed by atoms with E-state index in [2.05, 4.69) is 0 Å². The molecule has 4 aliphatic rings. The molecule has 8 heteroatoms. The molecule has 1 fully saturated rings. The number of aromatic hydroxyl groups is 1. The van der Waals surface area contributed by atoms with Crippen molar-refractivity contribution in [2.45, 2.75) is 38.7 Å². The molecule has 6 rings (SSSR count). The molecule has 2 aromatic rings. The van der Waals surface area contributed by atoms with Gasteiger partial charge in [-0.05, 0) is 68.0 Å². The maximum atomic E-state index is 13.7. The van der Waals surface area contributed by atoms with Crippen molar-refractivity contribution in [1.29, 1.82) is 0 Å². The lowest BCUT2D eigenvalue weighted by Crippen LogP contribution is -2.39. The maximum Gasteiger partial charge on any atom is 0.233 e. The number of carbonyl (C=O) groups excluding carboxylic acids is 4. The average Bonchev–Trinajstić information content (AvgIpc) is 3.48. The van der Waals surface area contributed by atoms with Crippen LogP contribution in [0.25, 0.3) is 0 Å². The Hall–Kier alpha value is -4.04. The second-order valence-electron chi connectivity index (χ2n) is 10.4. The number of Topliss-reactive ketones (excluding diaryl/α,β-unsaturated/α-hetero) is 1. The van der Waals surface area contributed by atoms with E-state index in [1.807, 2.05) is 6.08 Å². The summed E-state index contributed by atoms with van der Waals surface area (Å²) in [6.07, 6.45) is 4.34. The Kier molecular flexibility index (Phi) is 5.79. The number of carbonyl (C=O) groups is 4. The van der Waals surface area contributed by atoms with E-state index in [0.29, 0.717) is 41.1 Å². The summed E-state index contributed by atoms with van der Waals surface area (Å²) in [5, 5.41) is 19.1. The van der Waals surface area contributed by atoms with Crippen molar-refractivity contribution in [3.63, 3.8) is 0 Å². The van der Waals surface area contributed by atoms with Gasteiger partial charge in [-0.1, -0.05) is 23.8 Å². The number of aliphatic hydroxyl groups is 1. The standard InChI is InChI=1S/C30H27NO7/c1-15-12-23(34)26-22(28(15)35)13-21-19(27(26)24-9-6-18(14-32)38-24)7-8-20-25(21)30(37)31(29(20)36)11-10-16-2-4-17(33)5-3-16/h2-7,9,12,20-21,25,27,32-33H,8,10-11,13-14H2,1H3/t20-,21+,25-,27+/m0/s1. The number of rotatable bonds is 5. The van der Waals surface area contributed by atoms with E-state index in [0.717, 1.165) is 11.1 Å². The van der Waals surface area contributed by atoms with E-state index >= 15 is 0 Å². The fourth-order valence-corrected chi connectivity index (χ4v) is 6.53. The molecule has 8 nitrogen and oxygen atoms in total. The highest BCUT2D eigenvalue weighted by atomic mass is 16.4. The molecule has 3 aliphatic carbocycles. The third-order valence-electron chi connectivity index (χ3n) is 8.34. The number of imide groups is 1. The van der Waals surface area contributed by atoms with Crippen molar-refractivity contribution in [3.05, 3.63) is 87.9 Å². The molecule has 2 N–H and O–H groups in total. The van der Waals surface area contributed by atoms with Crippen molar-refractivity contribution >= 4 is 23.4 Å². The van der Waals surface area contributed by atoms with Crippen LogP contribution in [0.5, 0.6) is 5.75 Å². The predicted molar refractivity (Wildman–Crippen MR) is 134 cm³/mol. The molecule has 1 aromatic heterocycles. The largest absolute Gasteiger partial charge is 0.508 e. The number of phenols is 1. The number of amides is 2. The quantitative estimate of drug-likeness (QED) is 0.357. The number of phenolic OH excluding ortho intramolecular Hbond substituents is 1. The van der Waals surface area contributed by atoms with Gasteiger partial charge in [0.15, 0.2) is 11.6 Å². The monoisotopic (exact) mass is 513 g/mol. The molecular formula is C30H27NO7. The first-order valence-corrected chi connectivity index (χ1v) is 12.8. The number of hydrogen-bond acceptors (Lipinski definition) is 7. The number of allylic oxidation sites excluding steroid dienone is 6. The first kappa shape index (κ1) is 24.3. The average molecular weight is 514 g/mol. The highest BCUT2D eigenvalue weighted by Gasteiger charge is 2.56. The van der Waals surface area contributed by atoms with Crippen LogP contribution in [-0.2, 0) is 32.2 Å². The third-order valence-corrected chi connectivity index (χ3v) is 8.34. The molecule has 0 spiro atoms. The Morgan fingerprint density at radius 1 is 1.00 bits per heavy atom. The van der Waals surface area contributed by atoms with Gasteiger partial charge in [0.2, 0.25) is 11.8 Å². The van der Waals surface area contributed by atoms with Gasteiger partial charge >= 0.3 is 0 Å². The van der Waals surface area contributed by atoms with E-state index < -0.39 is 23.7 Å². The summed E-state index contributed by atoms with van der Waals surface area (Å²) in [6.45, 7) is 1.53. The summed E-state index contributed by atoms with van der Waals surface area (Å²) < 4.78 is 5.87. The second-order valence-corrected chi connectivity index (χ2v) is 10.4. The molecule has 2 amide bonds. The molecule has 1 saturated heterocycles. The topological polar surface area (TPSA) is 125 Å². The van der Waals surface area contributed by atoms with Crippen LogP contribution >= 0.6 is 0 Å². The first-order valence-electron chi connectivity index (χ1n) is 12.8. The Labute approximate surface area is 218 Å². The Balaban J connectivity index is 1.36. The SMILES string of the molecule is CC1=CC(=O)C2=C(C[C@@H]3C(=CC[C@@H]4C(=O)N(CCc5ccc(O)cc5)C(=O)[C@@H]43)[C@@H]2c2ccc(CO)o2)C1=O. The number of nitrogens with zero attached hydrogens (tertiary/aromatic N) is 1. The molecule has 194 valence electrons. The van der Waals surface area contributed by atoms with Crippen LogP contribution < -0.4 is 0 Å². The minimum atomic E-state index is -0.653. The molecule has 1 aliphatic heterocycles. The number of likely N-dealkylation sites (tertiary alicyclic amines) is 1. The Morgan fingerprint density at radius 2 is 1.76 bits per heavy atom. The molecule has 2 heterocycles. The van der Waals surface area contributed by atoms with E-state index in [1.54, 1.807) is 43.3 Å². The van der Waals surface area contributed by atoms with Crippen LogP contribution in [0.3, 0.4) is 0 Å². The lowest BCUT2D eigenvalue weighted by molar-refractivity contribution is -0.140. The van der Waals surface area contributed by atoms with Crippen LogP contribution in [0.4, 0.5) is 0 Å². The Morgan fingerprint density at radius 3 is 2.47 bits per heavy atom. The molecule has 0 radical (unpaired) electrons. The summed E-state index contributed by atoms with van der Waals surface area (Å²) >= 11 is 0. The summed E-state index contributed by atoms with van der Waals surface area (Å²) in [5.41, 5.74) is 2.82. The number of hydrogen-bond donors (Lipinski definition) is 2. The fraction of sp³-hybridized carbons (Fsp3) is 0.333. The third kappa shape index (κ3) is 3.70. The van der Waals surface area contributed by atoms with Crippen molar-refractivity contribution in [3.8, 4) is 5.75 Å². The van der Waals surface area contributed by atoms with Crippen molar-refractivity contribution < 1.29 is 33.8 Å². The van der Waals surface area contributed by atoms with Gasteiger partial charge < -0.3 is 14.6 Å². The minimum absolute atomic E-state index is 0.149. The minimum Gasteiger partial charge on any atom is -0.508 e. The van der Waals surface area contributed by atoms with Crippen molar-refractivity contribution in [1.82, 2.24) is 4.90 Å². The number of benzene rings is 1. The highest BCUT2D eigenvalue weighted by Crippen LogP contribution is 2.55. The van der Waals surface area contributed by atoms with E-state index in [-0.39, 0.29) is 48.7 Å². The normalized spacial score (nSPS) is 26.7. The summed E-state index contributed by atoms with van der Waals surface area (Å²) in [5.74, 6) is -2.24. The summed E-state index contributed by atoms with van der Waals surface area (Å²) in [7, 11) is 0. The lowest BCUT2D eigenvalue weighted by atomic mass is 9.60. The zero-order chi connectivity index (χ0) is 26.7. The van der Waals surface area contributed by atoms with Crippen molar-refractivity contribution in [2.24, 2.45) is 17.8 Å². The van der Waals surface area contributed by atoms with Crippen LogP contribution in [0.15, 0.2) is 75.3 Å². The molecule has 38 heavy (non-hydrogen) atoms. The molecule has 0 bridgehead atoms. The van der Waals surface area contributed by atoms with Gasteiger partial charge in [-0.3, -0.25) is 24.1 Å². The van der Waals surface area contributed by atoms with Crippen LogP contribution in [-0.4, -0.2) is 45.0 Å². The molecule has 0 unspecified atom stereocenters. The van der Waals surface area contributed by atoms with Gasteiger partial charge in [0.25, 0.3) is 0 Å². The maximum absolute atomic E-state index is 13.7. The highest BCUT2D eigenvalue weighted by molar-refractivity contribution is 6.23. The molecule has 1 aromatic carbocycles. The fourth-order valence-electron chi connectivity index (χ4n) is 6.53. The molecule has 0 saturated carbocycles. The summed E-state index contributed by atoms with van der Waals surface area (Å²) in [4.78, 5) is 54.9. The van der Waals surface area contributed by atoms with Gasteiger partial charge in [0.05, 0.1) is 17.8 Å². The lowest BCUT2D eigenvalue weighted by Gasteiger charge is -2.41.